The molecule has 1 rings (SSSR count). The number of hydrogen-bond acceptors (Lipinski definition) is 5. The van der Waals surface area contributed by atoms with Crippen molar-refractivity contribution in [1.29, 1.82) is 0 Å². The van der Waals surface area contributed by atoms with Gasteiger partial charge < -0.3 is 25.0 Å². The molecule has 0 saturated heterocycles. The summed E-state index contributed by atoms with van der Waals surface area (Å²) < 4.78 is 10.2. The highest BCUT2D eigenvalue weighted by Crippen LogP contribution is 2.44. The quantitative estimate of drug-likeness (QED) is 0.746. The summed E-state index contributed by atoms with van der Waals surface area (Å²) in [6.45, 7) is 0.280. The zero-order valence-electron chi connectivity index (χ0n) is 9.95. The average Bonchev–Trinajstić information content (AvgIpc) is 2.31. The third kappa shape index (κ3) is 2.74. The first-order chi connectivity index (χ1) is 8.06. The van der Waals surface area contributed by atoms with Gasteiger partial charge >= 0.3 is 0 Å². The number of nitrogens with one attached hydrogen (secondary N) is 1. The van der Waals surface area contributed by atoms with Gasteiger partial charge in [-0.15, -0.1) is 0 Å². The minimum Gasteiger partial charge on any atom is -0.506 e. The standard InChI is InChI=1S/C11H16ClNO4/c1-13-5-7(15)9-10(12)6(14)4-8(16-2)11(9)17-3/h4,7,13-15H,5H2,1-3H3. The number of rotatable bonds is 5. The third-order valence-electron chi connectivity index (χ3n) is 2.35. The summed E-state index contributed by atoms with van der Waals surface area (Å²) in [5.74, 6) is 0.479. The normalized spacial score (nSPS) is 12.3. The lowest BCUT2D eigenvalue weighted by atomic mass is 10.1. The topological polar surface area (TPSA) is 71.0 Å². The van der Waals surface area contributed by atoms with Gasteiger partial charge in [-0.2, -0.15) is 0 Å². The number of aliphatic hydroxyl groups is 1. The first kappa shape index (κ1) is 13.9. The van der Waals surface area contributed by atoms with Crippen LogP contribution in [0.5, 0.6) is 17.2 Å². The van der Waals surface area contributed by atoms with E-state index in [1.54, 1.807) is 7.05 Å². The van der Waals surface area contributed by atoms with Gasteiger partial charge in [-0.05, 0) is 7.05 Å². The highest BCUT2D eigenvalue weighted by Gasteiger charge is 2.23. The molecule has 0 aliphatic heterocycles. The molecule has 0 amide bonds. The number of aromatic hydroxyl groups is 1. The summed E-state index contributed by atoms with van der Waals surface area (Å²) in [7, 11) is 4.59. The molecule has 0 spiro atoms. The summed E-state index contributed by atoms with van der Waals surface area (Å²) in [4.78, 5) is 0. The minimum absolute atomic E-state index is 0.0606. The fourth-order valence-corrected chi connectivity index (χ4v) is 1.84. The molecular weight excluding hydrogens is 246 g/mol. The van der Waals surface area contributed by atoms with Crippen LogP contribution in [-0.2, 0) is 0 Å². The summed E-state index contributed by atoms with van der Waals surface area (Å²) in [6.07, 6.45) is -0.900. The van der Waals surface area contributed by atoms with Crippen molar-refractivity contribution in [3.05, 3.63) is 16.7 Å². The Hall–Kier alpha value is -1.17. The fourth-order valence-electron chi connectivity index (χ4n) is 1.58. The number of aliphatic hydroxyl groups excluding tert-OH is 1. The Morgan fingerprint density at radius 3 is 2.53 bits per heavy atom. The fraction of sp³-hybridized carbons (Fsp3) is 0.455. The number of phenols is 1. The van der Waals surface area contributed by atoms with Gasteiger partial charge in [-0.3, -0.25) is 0 Å². The van der Waals surface area contributed by atoms with Crippen LogP contribution in [0.1, 0.15) is 11.7 Å². The lowest BCUT2D eigenvalue weighted by Gasteiger charge is -2.19. The van der Waals surface area contributed by atoms with Crippen LogP contribution in [0, 0.1) is 0 Å². The second-order valence-electron chi connectivity index (χ2n) is 3.43. The maximum Gasteiger partial charge on any atom is 0.168 e. The molecule has 3 N–H and O–H groups in total. The monoisotopic (exact) mass is 261 g/mol. The molecule has 0 aliphatic rings. The molecule has 0 radical (unpaired) electrons. The molecule has 0 fully saturated rings. The van der Waals surface area contributed by atoms with E-state index >= 15 is 0 Å². The van der Waals surface area contributed by atoms with E-state index in [0.717, 1.165) is 0 Å². The highest BCUT2D eigenvalue weighted by molar-refractivity contribution is 6.33. The second-order valence-corrected chi connectivity index (χ2v) is 3.81. The molecule has 1 aromatic rings. The number of ether oxygens (including phenoxy) is 2. The van der Waals surface area contributed by atoms with Crippen LogP contribution in [0.15, 0.2) is 6.07 Å². The van der Waals surface area contributed by atoms with E-state index in [1.165, 1.54) is 20.3 Å². The van der Waals surface area contributed by atoms with Crippen molar-refractivity contribution >= 4 is 11.6 Å². The van der Waals surface area contributed by atoms with Crippen LogP contribution in [0.25, 0.3) is 0 Å². The van der Waals surface area contributed by atoms with Gasteiger partial charge in [0.15, 0.2) is 11.5 Å². The molecule has 0 aliphatic carbocycles. The molecule has 1 unspecified atom stereocenters. The molecule has 17 heavy (non-hydrogen) atoms. The SMILES string of the molecule is CNCC(O)c1c(Cl)c(O)cc(OC)c1OC. The summed E-state index contributed by atoms with van der Waals surface area (Å²) in [5.41, 5.74) is 0.306. The third-order valence-corrected chi connectivity index (χ3v) is 2.75. The van der Waals surface area contributed by atoms with Crippen molar-refractivity contribution in [3.63, 3.8) is 0 Å². The Bertz CT molecular complexity index is 398. The molecular formula is C11H16ClNO4. The molecule has 5 nitrogen and oxygen atoms in total. The van der Waals surface area contributed by atoms with E-state index in [1.807, 2.05) is 0 Å². The smallest absolute Gasteiger partial charge is 0.168 e. The lowest BCUT2D eigenvalue weighted by molar-refractivity contribution is 0.172. The van der Waals surface area contributed by atoms with E-state index in [2.05, 4.69) is 5.32 Å². The number of phenolic OH excluding ortho intramolecular Hbond substituents is 1. The van der Waals surface area contributed by atoms with Crippen molar-refractivity contribution in [1.82, 2.24) is 5.32 Å². The maximum atomic E-state index is 9.96. The Labute approximate surface area is 105 Å². The zero-order valence-corrected chi connectivity index (χ0v) is 10.7. The largest absolute Gasteiger partial charge is 0.506 e. The van der Waals surface area contributed by atoms with Crippen LogP contribution in [0.2, 0.25) is 5.02 Å². The highest BCUT2D eigenvalue weighted by atomic mass is 35.5. The van der Waals surface area contributed by atoms with Crippen LogP contribution in [0.3, 0.4) is 0 Å². The minimum atomic E-state index is -0.900. The Morgan fingerprint density at radius 1 is 1.41 bits per heavy atom. The molecule has 0 bridgehead atoms. The van der Waals surface area contributed by atoms with Gasteiger partial charge in [-0.1, -0.05) is 11.6 Å². The average molecular weight is 262 g/mol. The molecule has 0 aromatic heterocycles. The first-order valence-electron chi connectivity index (χ1n) is 5.02. The van der Waals surface area contributed by atoms with E-state index in [4.69, 9.17) is 21.1 Å². The van der Waals surface area contributed by atoms with Crippen LogP contribution in [0.4, 0.5) is 0 Å². The van der Waals surface area contributed by atoms with Crippen molar-refractivity contribution in [2.24, 2.45) is 0 Å². The number of hydrogen-bond donors (Lipinski definition) is 3. The van der Waals surface area contributed by atoms with E-state index < -0.39 is 6.10 Å². The molecule has 6 heteroatoms. The Kier molecular flexibility index (Phi) is 4.86. The second kappa shape index (κ2) is 5.95. The lowest BCUT2D eigenvalue weighted by Crippen LogP contribution is -2.18. The van der Waals surface area contributed by atoms with Gasteiger partial charge in [0.25, 0.3) is 0 Å². The van der Waals surface area contributed by atoms with Crippen molar-refractivity contribution in [2.75, 3.05) is 27.8 Å². The maximum absolute atomic E-state index is 9.96. The Balaban J connectivity index is 3.37. The molecule has 1 aromatic carbocycles. The summed E-state index contributed by atoms with van der Waals surface area (Å²) in [6, 6.07) is 1.34. The van der Waals surface area contributed by atoms with Crippen molar-refractivity contribution in [3.8, 4) is 17.2 Å². The van der Waals surface area contributed by atoms with E-state index in [9.17, 15) is 10.2 Å². The van der Waals surface area contributed by atoms with E-state index in [0.29, 0.717) is 17.1 Å². The summed E-state index contributed by atoms with van der Waals surface area (Å²) >= 11 is 5.96. The number of likely N-dealkylation sites (N-methyl/N-ethyl adjacent to an activating group) is 1. The van der Waals surface area contributed by atoms with Crippen LogP contribution < -0.4 is 14.8 Å². The van der Waals surface area contributed by atoms with Crippen LogP contribution in [-0.4, -0.2) is 38.0 Å². The van der Waals surface area contributed by atoms with Gasteiger partial charge in [0.05, 0.1) is 30.9 Å². The zero-order chi connectivity index (χ0) is 13.0. The van der Waals surface area contributed by atoms with Crippen molar-refractivity contribution in [2.45, 2.75) is 6.10 Å². The molecule has 0 heterocycles. The number of halogens is 1. The summed E-state index contributed by atoms with van der Waals surface area (Å²) in [5, 5.41) is 22.5. The molecule has 1 atom stereocenters. The predicted molar refractivity (Wildman–Crippen MR) is 65.1 cm³/mol. The van der Waals surface area contributed by atoms with Crippen molar-refractivity contribution < 1.29 is 19.7 Å². The van der Waals surface area contributed by atoms with Gasteiger partial charge in [0, 0.05) is 12.6 Å². The number of methoxy groups -OCH3 is 2. The molecule has 0 saturated carbocycles. The first-order valence-corrected chi connectivity index (χ1v) is 5.40. The Morgan fingerprint density at radius 2 is 2.06 bits per heavy atom. The predicted octanol–water partition coefficient (Wildman–Crippen LogP) is 1.32. The number of benzene rings is 1. The van der Waals surface area contributed by atoms with Crippen LogP contribution >= 0.6 is 11.6 Å². The van der Waals surface area contributed by atoms with Gasteiger partial charge in [0.2, 0.25) is 0 Å². The van der Waals surface area contributed by atoms with Gasteiger partial charge in [0.1, 0.15) is 5.75 Å². The van der Waals surface area contributed by atoms with Gasteiger partial charge in [-0.25, -0.2) is 0 Å². The van der Waals surface area contributed by atoms with E-state index in [-0.39, 0.29) is 17.3 Å². The molecule has 96 valence electrons.